The molecule has 0 aliphatic rings. The first-order valence-electron chi connectivity index (χ1n) is 8.80. The molecule has 4 heterocycles. The third-order valence-electron chi connectivity index (χ3n) is 3.94. The van der Waals surface area contributed by atoms with Gasteiger partial charge in [-0.25, -0.2) is 4.98 Å². The van der Waals surface area contributed by atoms with Gasteiger partial charge in [0.2, 0.25) is 0 Å². The van der Waals surface area contributed by atoms with E-state index in [4.69, 9.17) is 0 Å². The van der Waals surface area contributed by atoms with Crippen molar-refractivity contribution in [2.75, 3.05) is 5.75 Å². The summed E-state index contributed by atoms with van der Waals surface area (Å²) in [6.45, 7) is 4.26. The summed E-state index contributed by atoms with van der Waals surface area (Å²) in [5.41, 5.74) is 0.903. The Balaban J connectivity index is 1.49. The van der Waals surface area contributed by atoms with Crippen LogP contribution < -0.4 is 5.56 Å². The lowest BCUT2D eigenvalue weighted by Crippen LogP contribution is -2.10. The highest BCUT2D eigenvalue weighted by Gasteiger charge is 2.15. The summed E-state index contributed by atoms with van der Waals surface area (Å²) >= 11 is 8.14. The molecule has 0 fully saturated rings. The van der Waals surface area contributed by atoms with Gasteiger partial charge in [0.15, 0.2) is 8.68 Å². The van der Waals surface area contributed by atoms with Crippen LogP contribution in [-0.4, -0.2) is 25.9 Å². The van der Waals surface area contributed by atoms with Crippen molar-refractivity contribution in [3.05, 3.63) is 38.6 Å². The van der Waals surface area contributed by atoms with Crippen LogP contribution in [0.2, 0.25) is 0 Å². The second-order valence-corrected chi connectivity index (χ2v) is 11.8. The van der Waals surface area contributed by atoms with Crippen LogP contribution >= 0.6 is 57.5 Å². The number of thiophene rings is 2. The summed E-state index contributed by atoms with van der Waals surface area (Å²) in [7, 11) is 0. The Kier molecular flexibility index (Phi) is 6.52. The molecule has 0 spiro atoms. The van der Waals surface area contributed by atoms with Gasteiger partial charge in [0, 0.05) is 26.5 Å². The first kappa shape index (κ1) is 20.1. The van der Waals surface area contributed by atoms with Gasteiger partial charge in [-0.15, -0.1) is 32.9 Å². The lowest BCUT2D eigenvalue weighted by atomic mass is 10.2. The van der Waals surface area contributed by atoms with Crippen LogP contribution in [0.25, 0.3) is 20.7 Å². The molecule has 0 aliphatic carbocycles. The molecule has 0 radical (unpaired) electrons. The van der Waals surface area contributed by atoms with Crippen LogP contribution in [0.3, 0.4) is 0 Å². The van der Waals surface area contributed by atoms with Crippen LogP contribution in [-0.2, 0) is 5.75 Å². The number of hydrogen-bond acceptors (Lipinski definition) is 9. The summed E-state index contributed by atoms with van der Waals surface area (Å²) in [5.74, 6) is 2.32. The van der Waals surface area contributed by atoms with E-state index in [1.165, 1.54) is 29.1 Å². The second kappa shape index (κ2) is 9.08. The van der Waals surface area contributed by atoms with Crippen LogP contribution in [0.1, 0.15) is 30.5 Å². The minimum atomic E-state index is -0.0732. The number of aryl methyl sites for hydroxylation is 1. The zero-order valence-electron chi connectivity index (χ0n) is 15.4. The van der Waals surface area contributed by atoms with E-state index in [9.17, 15) is 4.79 Å². The lowest BCUT2D eigenvalue weighted by Gasteiger charge is -2.00. The van der Waals surface area contributed by atoms with Crippen molar-refractivity contribution >= 4 is 67.8 Å². The normalized spacial score (nSPS) is 11.5. The fourth-order valence-corrected chi connectivity index (χ4v) is 7.54. The molecule has 0 atom stereocenters. The molecule has 10 heteroatoms. The highest BCUT2D eigenvalue weighted by molar-refractivity contribution is 8.02. The molecule has 0 bridgehead atoms. The molecule has 146 valence electrons. The predicted molar refractivity (Wildman–Crippen MR) is 123 cm³/mol. The summed E-state index contributed by atoms with van der Waals surface area (Å²) in [4.78, 5) is 23.4. The minimum absolute atomic E-state index is 0.0732. The topological polar surface area (TPSA) is 71.5 Å². The maximum atomic E-state index is 12.7. The third-order valence-corrected chi connectivity index (χ3v) is 9.14. The van der Waals surface area contributed by atoms with E-state index in [0.29, 0.717) is 17.0 Å². The number of aromatic amines is 1. The van der Waals surface area contributed by atoms with E-state index >= 15 is 0 Å². The van der Waals surface area contributed by atoms with Crippen molar-refractivity contribution in [1.29, 1.82) is 0 Å². The highest BCUT2D eigenvalue weighted by atomic mass is 32.2. The van der Waals surface area contributed by atoms with E-state index < -0.39 is 0 Å². The van der Waals surface area contributed by atoms with Crippen LogP contribution in [0.5, 0.6) is 0 Å². The first-order chi connectivity index (χ1) is 13.6. The fourth-order valence-electron chi connectivity index (χ4n) is 2.57. The molecule has 5 nitrogen and oxygen atoms in total. The molecule has 0 unspecified atom stereocenters. The Labute approximate surface area is 183 Å². The Bertz CT molecular complexity index is 1140. The van der Waals surface area contributed by atoms with Crippen LogP contribution in [0.15, 0.2) is 31.0 Å². The fraction of sp³-hybridized carbons (Fsp3) is 0.333. The smallest absolute Gasteiger partial charge is 0.260 e. The average Bonchev–Trinajstić information content (AvgIpc) is 3.40. The predicted octanol–water partition coefficient (Wildman–Crippen LogP) is 6.06. The molecular formula is C18H18N4OS5. The van der Waals surface area contributed by atoms with E-state index in [-0.39, 0.29) is 5.56 Å². The number of H-pyrrole nitrogens is 1. The standard InChI is InChI=1S/C18H18N4OS5/c1-3-4-7-24-17-21-22-18(28-17)26-9-13-19-15(23)14-11(8-25-16(14)20-13)12-6-5-10(2)27-12/h5-6,8H,3-4,7,9H2,1-2H3,(H,19,20,23). The number of fused-ring (bicyclic) bond motifs is 1. The summed E-state index contributed by atoms with van der Waals surface area (Å²) in [5, 5.41) is 11.2. The van der Waals surface area contributed by atoms with Crippen LogP contribution in [0, 0.1) is 6.92 Å². The molecule has 0 saturated heterocycles. The number of hydrogen-bond donors (Lipinski definition) is 1. The molecule has 0 aromatic carbocycles. The summed E-state index contributed by atoms with van der Waals surface area (Å²) in [6.07, 6.45) is 2.37. The van der Waals surface area contributed by atoms with Crippen molar-refractivity contribution in [3.63, 3.8) is 0 Å². The molecular weight excluding hydrogens is 449 g/mol. The van der Waals surface area contributed by atoms with Gasteiger partial charge in [-0.1, -0.05) is 48.2 Å². The molecule has 4 aromatic heterocycles. The van der Waals surface area contributed by atoms with Crippen molar-refractivity contribution in [3.8, 4) is 10.4 Å². The lowest BCUT2D eigenvalue weighted by molar-refractivity contribution is 0.892. The Morgan fingerprint density at radius 3 is 2.71 bits per heavy atom. The Morgan fingerprint density at radius 2 is 1.96 bits per heavy atom. The van der Waals surface area contributed by atoms with Gasteiger partial charge >= 0.3 is 0 Å². The van der Waals surface area contributed by atoms with Gasteiger partial charge in [-0.2, -0.15) is 0 Å². The number of nitrogens with one attached hydrogen (secondary N) is 1. The minimum Gasteiger partial charge on any atom is -0.309 e. The molecule has 4 aromatic rings. The van der Waals surface area contributed by atoms with E-state index in [2.05, 4.69) is 46.1 Å². The zero-order chi connectivity index (χ0) is 19.5. The maximum Gasteiger partial charge on any atom is 0.260 e. The Hall–Kier alpha value is -1.20. The monoisotopic (exact) mass is 466 g/mol. The molecule has 0 aliphatic heterocycles. The summed E-state index contributed by atoms with van der Waals surface area (Å²) < 4.78 is 1.91. The van der Waals surface area contributed by atoms with Gasteiger partial charge in [0.05, 0.1) is 11.1 Å². The largest absolute Gasteiger partial charge is 0.309 e. The van der Waals surface area contributed by atoms with Crippen molar-refractivity contribution in [2.24, 2.45) is 0 Å². The maximum absolute atomic E-state index is 12.7. The van der Waals surface area contributed by atoms with Crippen molar-refractivity contribution in [2.45, 2.75) is 41.1 Å². The van der Waals surface area contributed by atoms with Gasteiger partial charge in [0.25, 0.3) is 5.56 Å². The molecule has 0 amide bonds. The number of aromatic nitrogens is 4. The van der Waals surface area contributed by atoms with E-state index in [0.717, 1.165) is 29.7 Å². The number of thioether (sulfide) groups is 2. The van der Waals surface area contributed by atoms with Gasteiger partial charge in [-0.3, -0.25) is 4.79 Å². The first-order valence-corrected chi connectivity index (χ1v) is 13.3. The quantitative estimate of drug-likeness (QED) is 0.251. The second-order valence-electron chi connectivity index (χ2n) is 6.08. The Morgan fingerprint density at radius 1 is 1.14 bits per heavy atom. The zero-order valence-corrected chi connectivity index (χ0v) is 19.4. The van der Waals surface area contributed by atoms with Crippen molar-refractivity contribution in [1.82, 2.24) is 20.2 Å². The molecule has 0 saturated carbocycles. The number of unbranched alkanes of at least 4 members (excludes halogenated alkanes) is 1. The van der Waals surface area contributed by atoms with Gasteiger partial charge in [-0.05, 0) is 25.5 Å². The van der Waals surface area contributed by atoms with Crippen LogP contribution in [0.4, 0.5) is 0 Å². The average molecular weight is 467 g/mol. The summed E-state index contributed by atoms with van der Waals surface area (Å²) in [6, 6.07) is 4.14. The SMILES string of the molecule is CCCCSc1nnc(SCc2nc3scc(-c4ccc(C)s4)c3c(=O)[nH]2)s1. The van der Waals surface area contributed by atoms with E-state index in [1.54, 1.807) is 46.2 Å². The van der Waals surface area contributed by atoms with Gasteiger partial charge in [0.1, 0.15) is 10.7 Å². The van der Waals surface area contributed by atoms with E-state index in [1.807, 2.05) is 5.38 Å². The number of nitrogens with zero attached hydrogens (tertiary/aromatic N) is 3. The number of rotatable bonds is 8. The van der Waals surface area contributed by atoms with Gasteiger partial charge < -0.3 is 4.98 Å². The molecule has 4 rings (SSSR count). The van der Waals surface area contributed by atoms with Crippen molar-refractivity contribution < 1.29 is 0 Å². The highest BCUT2D eigenvalue weighted by Crippen LogP contribution is 2.35. The molecule has 1 N–H and O–H groups in total. The third kappa shape index (κ3) is 4.51. The molecule has 28 heavy (non-hydrogen) atoms.